The van der Waals surface area contributed by atoms with Gasteiger partial charge in [0.25, 0.3) is 0 Å². The molecule has 0 amide bonds. The zero-order valence-electron chi connectivity index (χ0n) is 12.9. The SMILES string of the molecule is CC(=O)O[C@@H]1C[C@@H]2O/C(=C(/C#N)CCCC(=O)O)C[C@@H]2[C@H]1C=O. The van der Waals surface area contributed by atoms with E-state index in [1.54, 1.807) is 0 Å². The number of aliphatic carboxylic acids is 1. The van der Waals surface area contributed by atoms with Crippen molar-refractivity contribution in [3.63, 3.8) is 0 Å². The third kappa shape index (κ3) is 3.89. The lowest BCUT2D eigenvalue weighted by molar-refractivity contribution is -0.149. The lowest BCUT2D eigenvalue weighted by Gasteiger charge is -2.17. The quantitative estimate of drug-likeness (QED) is 0.448. The van der Waals surface area contributed by atoms with Crippen molar-refractivity contribution in [3.05, 3.63) is 11.3 Å². The van der Waals surface area contributed by atoms with E-state index in [0.29, 0.717) is 37.0 Å². The Balaban J connectivity index is 2.04. The molecule has 4 atom stereocenters. The second-order valence-electron chi connectivity index (χ2n) is 5.88. The zero-order chi connectivity index (χ0) is 17.0. The molecule has 2 rings (SSSR count). The molecule has 124 valence electrons. The Morgan fingerprint density at radius 1 is 1.48 bits per heavy atom. The van der Waals surface area contributed by atoms with E-state index in [4.69, 9.17) is 14.6 Å². The van der Waals surface area contributed by atoms with Crippen LogP contribution in [0.3, 0.4) is 0 Å². The van der Waals surface area contributed by atoms with Crippen molar-refractivity contribution in [1.29, 1.82) is 5.26 Å². The van der Waals surface area contributed by atoms with Gasteiger partial charge in [0.15, 0.2) is 0 Å². The number of rotatable bonds is 6. The lowest BCUT2D eigenvalue weighted by atomic mass is 9.92. The maximum atomic E-state index is 11.3. The van der Waals surface area contributed by atoms with E-state index >= 15 is 0 Å². The lowest BCUT2D eigenvalue weighted by Crippen LogP contribution is -2.25. The van der Waals surface area contributed by atoms with Crippen LogP contribution in [0.4, 0.5) is 0 Å². The number of ether oxygens (including phenoxy) is 2. The van der Waals surface area contributed by atoms with Crippen molar-refractivity contribution in [2.24, 2.45) is 11.8 Å². The largest absolute Gasteiger partial charge is 0.493 e. The van der Waals surface area contributed by atoms with Crippen LogP contribution >= 0.6 is 0 Å². The third-order valence-corrected chi connectivity index (χ3v) is 4.34. The molecule has 1 N–H and O–H groups in total. The summed E-state index contributed by atoms with van der Waals surface area (Å²) in [6, 6.07) is 2.07. The van der Waals surface area contributed by atoms with Crippen LogP contribution in [-0.4, -0.2) is 35.5 Å². The summed E-state index contributed by atoms with van der Waals surface area (Å²) in [5.74, 6) is -1.32. The highest BCUT2D eigenvalue weighted by atomic mass is 16.5. The number of fused-ring (bicyclic) bond motifs is 1. The number of carboxylic acids is 1. The second-order valence-corrected chi connectivity index (χ2v) is 5.88. The van der Waals surface area contributed by atoms with Crippen LogP contribution in [-0.2, 0) is 23.9 Å². The number of aldehydes is 1. The molecule has 0 radical (unpaired) electrons. The molecule has 7 heteroatoms. The van der Waals surface area contributed by atoms with E-state index in [1.807, 2.05) is 0 Å². The number of allylic oxidation sites excluding steroid dienone is 2. The molecule has 0 aromatic rings. The van der Waals surface area contributed by atoms with E-state index in [1.165, 1.54) is 6.92 Å². The normalized spacial score (nSPS) is 30.8. The molecule has 0 bridgehead atoms. The first kappa shape index (κ1) is 17.0. The zero-order valence-corrected chi connectivity index (χ0v) is 12.9. The number of nitrogens with zero attached hydrogens (tertiary/aromatic N) is 1. The number of carboxylic acid groups (broad SMARTS) is 1. The van der Waals surface area contributed by atoms with E-state index in [9.17, 15) is 19.6 Å². The summed E-state index contributed by atoms with van der Waals surface area (Å²) < 4.78 is 11.0. The Morgan fingerprint density at radius 3 is 2.78 bits per heavy atom. The number of esters is 1. The maximum Gasteiger partial charge on any atom is 0.303 e. The Kier molecular flexibility index (Phi) is 5.37. The van der Waals surface area contributed by atoms with Crippen LogP contribution in [0.15, 0.2) is 11.3 Å². The number of carbonyl (C=O) groups is 3. The summed E-state index contributed by atoms with van der Waals surface area (Å²) in [6.45, 7) is 1.30. The average Bonchev–Trinajstić information content (AvgIpc) is 2.99. The van der Waals surface area contributed by atoms with Gasteiger partial charge in [-0.25, -0.2) is 0 Å². The minimum Gasteiger partial charge on any atom is -0.493 e. The van der Waals surface area contributed by atoms with Crippen molar-refractivity contribution in [2.75, 3.05) is 0 Å². The molecule has 1 saturated heterocycles. The van der Waals surface area contributed by atoms with E-state index in [2.05, 4.69) is 6.07 Å². The highest BCUT2D eigenvalue weighted by molar-refractivity contribution is 5.67. The minimum absolute atomic E-state index is 0.00317. The Bertz CT molecular complexity index is 576. The van der Waals surface area contributed by atoms with Crippen LogP contribution in [0, 0.1) is 23.2 Å². The Labute approximate surface area is 133 Å². The van der Waals surface area contributed by atoms with E-state index in [0.717, 1.165) is 6.29 Å². The van der Waals surface area contributed by atoms with Gasteiger partial charge in [-0.3, -0.25) is 9.59 Å². The van der Waals surface area contributed by atoms with Crippen LogP contribution in [0.25, 0.3) is 0 Å². The van der Waals surface area contributed by atoms with Crippen LogP contribution in [0.5, 0.6) is 0 Å². The van der Waals surface area contributed by atoms with Gasteiger partial charge in [0.05, 0.1) is 17.6 Å². The van der Waals surface area contributed by atoms with Gasteiger partial charge in [0.1, 0.15) is 24.3 Å². The molecule has 2 fully saturated rings. The van der Waals surface area contributed by atoms with E-state index < -0.39 is 24.0 Å². The van der Waals surface area contributed by atoms with Gasteiger partial charge in [-0.15, -0.1) is 0 Å². The smallest absolute Gasteiger partial charge is 0.303 e. The van der Waals surface area contributed by atoms with Crippen molar-refractivity contribution in [2.45, 2.75) is 51.2 Å². The topological polar surface area (TPSA) is 114 Å². The predicted molar refractivity (Wildman–Crippen MR) is 76.8 cm³/mol. The van der Waals surface area contributed by atoms with Crippen LogP contribution in [0.1, 0.15) is 39.0 Å². The van der Waals surface area contributed by atoms with Gasteiger partial charge in [0.2, 0.25) is 0 Å². The van der Waals surface area contributed by atoms with E-state index in [-0.39, 0.29) is 18.4 Å². The first-order valence-corrected chi connectivity index (χ1v) is 7.59. The highest BCUT2D eigenvalue weighted by Crippen LogP contribution is 2.46. The number of carbonyl (C=O) groups excluding carboxylic acids is 2. The van der Waals surface area contributed by atoms with Crippen molar-refractivity contribution in [3.8, 4) is 6.07 Å². The van der Waals surface area contributed by atoms with Crippen molar-refractivity contribution >= 4 is 18.2 Å². The van der Waals surface area contributed by atoms with Gasteiger partial charge in [-0.05, 0) is 12.8 Å². The Morgan fingerprint density at radius 2 is 2.22 bits per heavy atom. The Hall–Kier alpha value is -2.36. The van der Waals surface area contributed by atoms with Crippen LogP contribution < -0.4 is 0 Å². The number of hydrogen-bond acceptors (Lipinski definition) is 6. The molecular formula is C16H19NO6. The molecule has 23 heavy (non-hydrogen) atoms. The molecule has 1 heterocycles. The molecule has 0 spiro atoms. The molecule has 0 aromatic carbocycles. The summed E-state index contributed by atoms with van der Waals surface area (Å²) in [6.07, 6.45) is 1.67. The fourth-order valence-corrected chi connectivity index (χ4v) is 3.33. The van der Waals surface area contributed by atoms with Gasteiger partial charge in [-0.2, -0.15) is 5.26 Å². The molecule has 0 unspecified atom stereocenters. The van der Waals surface area contributed by atoms with Crippen molar-refractivity contribution < 1.29 is 29.0 Å². The second kappa shape index (κ2) is 7.27. The predicted octanol–water partition coefficient (Wildman–Crippen LogP) is 1.57. The summed E-state index contributed by atoms with van der Waals surface area (Å²) in [4.78, 5) is 33.0. The summed E-state index contributed by atoms with van der Waals surface area (Å²) in [5.41, 5.74) is 0.439. The minimum atomic E-state index is -0.901. The molecule has 1 saturated carbocycles. The fraction of sp³-hybridized carbons (Fsp3) is 0.625. The first-order chi connectivity index (χ1) is 11.0. The molecule has 2 aliphatic rings. The fourth-order valence-electron chi connectivity index (χ4n) is 3.33. The van der Waals surface area contributed by atoms with Crippen molar-refractivity contribution in [1.82, 2.24) is 0 Å². The van der Waals surface area contributed by atoms with Gasteiger partial charge < -0.3 is 19.4 Å². The highest BCUT2D eigenvalue weighted by Gasteiger charge is 2.50. The molecule has 7 nitrogen and oxygen atoms in total. The molecule has 1 aliphatic heterocycles. The number of hydrogen-bond donors (Lipinski definition) is 1. The van der Waals surface area contributed by atoms with Gasteiger partial charge in [-0.1, -0.05) is 0 Å². The molecule has 1 aliphatic carbocycles. The monoisotopic (exact) mass is 321 g/mol. The summed E-state index contributed by atoms with van der Waals surface area (Å²) in [5, 5.41) is 17.9. The first-order valence-electron chi connectivity index (χ1n) is 7.59. The summed E-state index contributed by atoms with van der Waals surface area (Å²) in [7, 11) is 0. The third-order valence-electron chi connectivity index (χ3n) is 4.34. The molecule has 0 aromatic heterocycles. The van der Waals surface area contributed by atoms with Crippen LogP contribution in [0.2, 0.25) is 0 Å². The average molecular weight is 321 g/mol. The van der Waals surface area contributed by atoms with Gasteiger partial charge in [0, 0.05) is 32.1 Å². The maximum absolute atomic E-state index is 11.3. The number of nitriles is 1. The standard InChI is InChI=1S/C16H19NO6/c1-9(19)22-15-6-14-11(12(15)8-18)5-13(23-14)10(7-17)3-2-4-16(20)21/h8,11-12,14-15H,2-6H2,1H3,(H,20,21)/b13-10+/t11-,12-,14+,15-/m1/s1. The summed E-state index contributed by atoms with van der Waals surface area (Å²) >= 11 is 0. The molecular weight excluding hydrogens is 302 g/mol. The van der Waals surface area contributed by atoms with Gasteiger partial charge >= 0.3 is 11.9 Å².